The maximum atomic E-state index is 4.88. The van der Waals surface area contributed by atoms with Gasteiger partial charge in [0, 0.05) is 49.1 Å². The summed E-state index contributed by atoms with van der Waals surface area (Å²) >= 11 is 0. The number of aromatic nitrogens is 2. The second kappa shape index (κ2) is 10.3. The first-order valence-corrected chi connectivity index (χ1v) is 14.6. The first-order valence-electron chi connectivity index (χ1n) is 14.6. The van der Waals surface area contributed by atoms with E-state index < -0.39 is 0 Å². The number of aryl methyl sites for hydroxylation is 5. The smallest absolute Gasteiger partial charge is 0.213 e. The molecule has 4 aromatic rings. The van der Waals surface area contributed by atoms with Crippen LogP contribution in [-0.4, -0.2) is 18.1 Å². The third-order valence-electron chi connectivity index (χ3n) is 8.66. The zero-order chi connectivity index (χ0) is 26.2. The first kappa shape index (κ1) is 24.1. The molecule has 5 heterocycles. The lowest BCUT2D eigenvalue weighted by atomic mass is 9.86. The summed E-state index contributed by atoms with van der Waals surface area (Å²) in [7, 11) is 0. The summed E-state index contributed by atoms with van der Waals surface area (Å²) in [5.41, 5.74) is 14.9. The quantitative estimate of drug-likeness (QED) is 0.208. The molecule has 0 saturated heterocycles. The molecule has 3 aliphatic heterocycles. The van der Waals surface area contributed by atoms with Crippen LogP contribution in [0.5, 0.6) is 0 Å². The molecule has 0 N–H and O–H groups in total. The summed E-state index contributed by atoms with van der Waals surface area (Å²) in [6.45, 7) is 5.72. The molecule has 194 valence electrons. The standard InChI is InChI=1S/C36H36N3/c1-2-28-14-15-29-17-22-38-19-6-5-13-33(38)35(29)34(28)32-25-26(16-18-37-32)9-3-4-10-27-23-30-11-7-20-39-21-8-12-31(24-27)36(30)39/h3-6,9-10,13-16,18-19,23-25H,2,7-8,11-12,17,20-22H2,1H3/q+1/b9-3+,10-4+. The van der Waals surface area contributed by atoms with E-state index in [1.807, 2.05) is 6.20 Å². The highest BCUT2D eigenvalue weighted by atomic mass is 15.1. The molecule has 0 radical (unpaired) electrons. The number of anilines is 1. The maximum absolute atomic E-state index is 4.88. The van der Waals surface area contributed by atoms with Gasteiger partial charge in [0.25, 0.3) is 0 Å². The Kier molecular flexibility index (Phi) is 6.36. The summed E-state index contributed by atoms with van der Waals surface area (Å²) in [5, 5.41) is 0. The van der Waals surface area contributed by atoms with Gasteiger partial charge in [-0.2, -0.15) is 4.57 Å². The minimum absolute atomic E-state index is 0.987. The van der Waals surface area contributed by atoms with Crippen molar-refractivity contribution < 1.29 is 4.57 Å². The summed E-state index contributed by atoms with van der Waals surface area (Å²) in [6.07, 6.45) is 20.0. The van der Waals surface area contributed by atoms with Crippen LogP contribution in [0.25, 0.3) is 34.7 Å². The van der Waals surface area contributed by atoms with Crippen LogP contribution in [0.3, 0.4) is 0 Å². The van der Waals surface area contributed by atoms with Crippen molar-refractivity contribution in [1.29, 1.82) is 0 Å². The van der Waals surface area contributed by atoms with Gasteiger partial charge in [0.15, 0.2) is 12.7 Å². The predicted octanol–water partition coefficient (Wildman–Crippen LogP) is 7.25. The van der Waals surface area contributed by atoms with E-state index in [-0.39, 0.29) is 0 Å². The van der Waals surface area contributed by atoms with Crippen LogP contribution < -0.4 is 9.47 Å². The van der Waals surface area contributed by atoms with Crippen LogP contribution in [0.2, 0.25) is 0 Å². The Morgan fingerprint density at radius 3 is 2.41 bits per heavy atom. The second-order valence-corrected chi connectivity index (χ2v) is 11.1. The Balaban J connectivity index is 1.19. The number of allylic oxidation sites excluding steroid dienone is 2. The Bertz CT molecular complexity index is 1580. The highest BCUT2D eigenvalue weighted by Crippen LogP contribution is 2.38. The van der Waals surface area contributed by atoms with Gasteiger partial charge in [-0.05, 0) is 95.8 Å². The first-order chi connectivity index (χ1) is 19.3. The van der Waals surface area contributed by atoms with Crippen LogP contribution >= 0.6 is 0 Å². The van der Waals surface area contributed by atoms with E-state index in [1.165, 1.54) is 77.8 Å². The van der Waals surface area contributed by atoms with Gasteiger partial charge in [-0.1, -0.05) is 43.4 Å². The summed E-state index contributed by atoms with van der Waals surface area (Å²) < 4.78 is 2.38. The third-order valence-corrected chi connectivity index (χ3v) is 8.66. The van der Waals surface area contributed by atoms with Gasteiger partial charge in [0.1, 0.15) is 0 Å². The van der Waals surface area contributed by atoms with E-state index in [2.05, 4.69) is 101 Å². The molecule has 0 bridgehead atoms. The zero-order valence-corrected chi connectivity index (χ0v) is 22.9. The number of nitrogens with zero attached hydrogens (tertiary/aromatic N) is 3. The molecule has 3 aliphatic rings. The van der Waals surface area contributed by atoms with Crippen molar-refractivity contribution in [2.75, 3.05) is 18.0 Å². The second-order valence-electron chi connectivity index (χ2n) is 11.1. The molecule has 39 heavy (non-hydrogen) atoms. The molecule has 0 amide bonds. The molecule has 2 aromatic carbocycles. The zero-order valence-electron chi connectivity index (χ0n) is 22.9. The molecular formula is C36H36N3+. The van der Waals surface area contributed by atoms with Gasteiger partial charge < -0.3 is 4.90 Å². The van der Waals surface area contributed by atoms with Crippen molar-refractivity contribution in [1.82, 2.24) is 4.98 Å². The predicted molar refractivity (Wildman–Crippen MR) is 162 cm³/mol. The van der Waals surface area contributed by atoms with Gasteiger partial charge >= 0.3 is 0 Å². The molecule has 3 heteroatoms. The van der Waals surface area contributed by atoms with Gasteiger partial charge in [-0.3, -0.25) is 4.98 Å². The average Bonchev–Trinajstić information content (AvgIpc) is 2.99. The Morgan fingerprint density at radius 2 is 1.62 bits per heavy atom. The minimum atomic E-state index is 0.987. The topological polar surface area (TPSA) is 20.0 Å². The number of benzene rings is 2. The van der Waals surface area contributed by atoms with Gasteiger partial charge in [-0.15, -0.1) is 0 Å². The lowest BCUT2D eigenvalue weighted by Gasteiger charge is -2.37. The van der Waals surface area contributed by atoms with Crippen LogP contribution in [0.1, 0.15) is 53.1 Å². The van der Waals surface area contributed by atoms with E-state index in [0.717, 1.165) is 25.1 Å². The molecule has 0 aliphatic carbocycles. The van der Waals surface area contributed by atoms with Crippen molar-refractivity contribution in [2.24, 2.45) is 0 Å². The minimum Gasteiger partial charge on any atom is -0.371 e. The molecule has 0 fully saturated rings. The summed E-state index contributed by atoms with van der Waals surface area (Å²) in [5.74, 6) is 0. The normalized spacial score (nSPS) is 15.9. The fourth-order valence-electron chi connectivity index (χ4n) is 6.86. The van der Waals surface area contributed by atoms with Crippen LogP contribution in [0.15, 0.2) is 79.1 Å². The van der Waals surface area contributed by atoms with E-state index in [0.29, 0.717) is 0 Å². The van der Waals surface area contributed by atoms with Crippen LogP contribution in [0, 0.1) is 0 Å². The number of hydrogen-bond donors (Lipinski definition) is 0. The fourth-order valence-corrected chi connectivity index (χ4v) is 6.86. The molecule has 0 atom stereocenters. The number of pyridine rings is 2. The Labute approximate surface area is 232 Å². The number of hydrogen-bond acceptors (Lipinski definition) is 2. The van der Waals surface area contributed by atoms with Crippen LogP contribution in [-0.2, 0) is 32.2 Å². The number of rotatable bonds is 5. The van der Waals surface area contributed by atoms with Gasteiger partial charge in [0.05, 0.1) is 11.3 Å². The molecule has 7 rings (SSSR count). The van der Waals surface area contributed by atoms with E-state index in [9.17, 15) is 0 Å². The highest BCUT2D eigenvalue weighted by molar-refractivity contribution is 5.85. The monoisotopic (exact) mass is 510 g/mol. The van der Waals surface area contributed by atoms with E-state index in [4.69, 9.17) is 4.98 Å². The molecule has 0 spiro atoms. The lowest BCUT2D eigenvalue weighted by molar-refractivity contribution is -0.687. The highest BCUT2D eigenvalue weighted by Gasteiger charge is 2.27. The molecule has 0 saturated carbocycles. The van der Waals surface area contributed by atoms with E-state index >= 15 is 0 Å². The average molecular weight is 511 g/mol. The molecule has 2 aromatic heterocycles. The van der Waals surface area contributed by atoms with E-state index in [1.54, 1.807) is 16.8 Å². The van der Waals surface area contributed by atoms with Crippen molar-refractivity contribution in [3.05, 3.63) is 113 Å². The van der Waals surface area contributed by atoms with Crippen molar-refractivity contribution >= 4 is 17.8 Å². The molecule has 0 unspecified atom stereocenters. The fraction of sp³-hybridized carbons (Fsp3) is 0.278. The molecular weight excluding hydrogens is 474 g/mol. The van der Waals surface area contributed by atoms with Gasteiger partial charge in [-0.25, -0.2) is 0 Å². The van der Waals surface area contributed by atoms with Crippen LogP contribution in [0.4, 0.5) is 5.69 Å². The largest absolute Gasteiger partial charge is 0.371 e. The van der Waals surface area contributed by atoms with Crippen molar-refractivity contribution in [3.8, 4) is 22.5 Å². The Hall–Kier alpha value is -3.98. The van der Waals surface area contributed by atoms with Gasteiger partial charge in [0.2, 0.25) is 5.69 Å². The molecule has 3 nitrogen and oxygen atoms in total. The summed E-state index contributed by atoms with van der Waals surface area (Å²) in [6, 6.07) is 20.3. The summed E-state index contributed by atoms with van der Waals surface area (Å²) in [4.78, 5) is 7.49. The number of fused-ring (bicyclic) bond motifs is 3. The maximum Gasteiger partial charge on any atom is 0.213 e. The third kappa shape index (κ3) is 4.50. The van der Waals surface area contributed by atoms with Crippen molar-refractivity contribution in [3.63, 3.8) is 0 Å². The SMILES string of the molecule is CCc1ccc2c(c1-c1cc(/C=C/C=C/c3cc4c5c(c3)CCCN5CCC4)ccn1)-c1cccc[n+]1CC2. The lowest BCUT2D eigenvalue weighted by Crippen LogP contribution is -2.40. The van der Waals surface area contributed by atoms with Crippen molar-refractivity contribution in [2.45, 2.75) is 52.0 Å². The Morgan fingerprint density at radius 1 is 0.821 bits per heavy atom.